The zero-order valence-corrected chi connectivity index (χ0v) is 10.7. The summed E-state index contributed by atoms with van der Waals surface area (Å²) in [6.45, 7) is 5.99. The fourth-order valence-electron chi connectivity index (χ4n) is 2.07. The third-order valence-corrected chi connectivity index (χ3v) is 3.13. The van der Waals surface area contributed by atoms with Crippen molar-refractivity contribution in [2.45, 2.75) is 6.54 Å². The summed E-state index contributed by atoms with van der Waals surface area (Å²) in [5.41, 5.74) is 6.87. The van der Waals surface area contributed by atoms with E-state index in [1.807, 2.05) is 12.4 Å². The van der Waals surface area contributed by atoms with Crippen molar-refractivity contribution in [3.05, 3.63) is 30.1 Å². The summed E-state index contributed by atoms with van der Waals surface area (Å²) in [6, 6.07) is 4.14. The van der Waals surface area contributed by atoms with Crippen LogP contribution in [0.15, 0.2) is 24.5 Å². The van der Waals surface area contributed by atoms with Crippen molar-refractivity contribution in [3.63, 3.8) is 0 Å². The van der Waals surface area contributed by atoms with Crippen molar-refractivity contribution < 1.29 is 0 Å². The molecule has 0 saturated carbocycles. The molecular formula is C12H18N4S. The van der Waals surface area contributed by atoms with E-state index in [1.165, 1.54) is 5.56 Å². The molecule has 2 rings (SSSR count). The predicted molar refractivity (Wildman–Crippen MR) is 72.7 cm³/mol. The number of pyridine rings is 1. The van der Waals surface area contributed by atoms with E-state index in [0.717, 1.165) is 39.3 Å². The lowest BCUT2D eigenvalue weighted by Gasteiger charge is -2.34. The van der Waals surface area contributed by atoms with E-state index in [0.29, 0.717) is 4.99 Å². The molecule has 17 heavy (non-hydrogen) atoms. The number of rotatable bonds is 4. The number of piperazine rings is 1. The Bertz CT molecular complexity index is 360. The lowest BCUT2D eigenvalue weighted by atomic mass is 10.2. The molecule has 4 nitrogen and oxygen atoms in total. The molecule has 92 valence electrons. The number of hydrogen-bond acceptors (Lipinski definition) is 4. The first-order chi connectivity index (χ1) is 8.24. The Hall–Kier alpha value is -1.04. The van der Waals surface area contributed by atoms with Crippen LogP contribution in [0.1, 0.15) is 5.56 Å². The summed E-state index contributed by atoms with van der Waals surface area (Å²) in [5.74, 6) is 0. The summed E-state index contributed by atoms with van der Waals surface area (Å²) in [7, 11) is 0. The first-order valence-corrected chi connectivity index (χ1v) is 6.27. The highest BCUT2D eigenvalue weighted by atomic mass is 32.1. The van der Waals surface area contributed by atoms with Crippen LogP contribution in [0.5, 0.6) is 0 Å². The van der Waals surface area contributed by atoms with Gasteiger partial charge in [-0.05, 0) is 17.7 Å². The van der Waals surface area contributed by atoms with Gasteiger partial charge in [0.05, 0.1) is 4.99 Å². The van der Waals surface area contributed by atoms with Crippen molar-refractivity contribution in [3.8, 4) is 0 Å². The van der Waals surface area contributed by atoms with Crippen LogP contribution in [-0.4, -0.2) is 52.5 Å². The second-order valence-electron chi connectivity index (χ2n) is 4.37. The van der Waals surface area contributed by atoms with Crippen LogP contribution in [0.2, 0.25) is 0 Å². The molecule has 0 spiro atoms. The Morgan fingerprint density at radius 1 is 1.18 bits per heavy atom. The van der Waals surface area contributed by atoms with Gasteiger partial charge in [0.2, 0.25) is 0 Å². The molecule has 2 heterocycles. The van der Waals surface area contributed by atoms with Crippen LogP contribution in [0.25, 0.3) is 0 Å². The molecule has 1 saturated heterocycles. The molecule has 0 bridgehead atoms. The lowest BCUT2D eigenvalue weighted by Crippen LogP contribution is -2.48. The van der Waals surface area contributed by atoms with Gasteiger partial charge < -0.3 is 5.73 Å². The summed E-state index contributed by atoms with van der Waals surface area (Å²) >= 11 is 4.93. The fourth-order valence-corrected chi connectivity index (χ4v) is 2.25. The molecule has 0 aliphatic carbocycles. The molecule has 0 aromatic carbocycles. The van der Waals surface area contributed by atoms with Crippen molar-refractivity contribution in [2.75, 3.05) is 32.7 Å². The van der Waals surface area contributed by atoms with Gasteiger partial charge in [0.25, 0.3) is 0 Å². The highest BCUT2D eigenvalue weighted by Gasteiger charge is 2.16. The highest BCUT2D eigenvalue weighted by molar-refractivity contribution is 7.80. The minimum absolute atomic E-state index is 0.590. The zero-order valence-electron chi connectivity index (χ0n) is 9.88. The number of nitrogens with two attached hydrogens (primary N) is 1. The highest BCUT2D eigenvalue weighted by Crippen LogP contribution is 2.07. The maximum absolute atomic E-state index is 5.55. The van der Waals surface area contributed by atoms with E-state index in [4.69, 9.17) is 18.0 Å². The zero-order chi connectivity index (χ0) is 12.1. The molecule has 0 amide bonds. The monoisotopic (exact) mass is 250 g/mol. The smallest absolute Gasteiger partial charge is 0.0870 e. The molecule has 0 radical (unpaired) electrons. The van der Waals surface area contributed by atoms with Crippen LogP contribution in [-0.2, 0) is 6.54 Å². The quantitative estimate of drug-likeness (QED) is 0.788. The van der Waals surface area contributed by atoms with Gasteiger partial charge in [0, 0.05) is 51.7 Å². The van der Waals surface area contributed by atoms with Gasteiger partial charge in [-0.2, -0.15) is 0 Å². The summed E-state index contributed by atoms with van der Waals surface area (Å²) in [4.78, 5) is 9.38. The molecule has 1 aliphatic heterocycles. The SMILES string of the molecule is NC(=S)CN1CCN(Cc2ccncc2)CC1. The van der Waals surface area contributed by atoms with E-state index in [-0.39, 0.29) is 0 Å². The van der Waals surface area contributed by atoms with Crippen molar-refractivity contribution >= 4 is 17.2 Å². The van der Waals surface area contributed by atoms with Crippen LogP contribution in [0, 0.1) is 0 Å². The lowest BCUT2D eigenvalue weighted by molar-refractivity contribution is 0.140. The minimum atomic E-state index is 0.590. The minimum Gasteiger partial charge on any atom is -0.392 e. The second-order valence-corrected chi connectivity index (χ2v) is 4.90. The maximum atomic E-state index is 5.55. The molecule has 1 aromatic rings. The Labute approximate surface area is 107 Å². The number of aromatic nitrogens is 1. The Morgan fingerprint density at radius 2 is 1.76 bits per heavy atom. The Balaban J connectivity index is 1.78. The van der Waals surface area contributed by atoms with Crippen molar-refractivity contribution in [1.82, 2.24) is 14.8 Å². The van der Waals surface area contributed by atoms with E-state index < -0.39 is 0 Å². The van der Waals surface area contributed by atoms with Gasteiger partial charge in [-0.15, -0.1) is 0 Å². The van der Waals surface area contributed by atoms with Crippen LogP contribution >= 0.6 is 12.2 Å². The number of hydrogen-bond donors (Lipinski definition) is 1. The van der Waals surface area contributed by atoms with Crippen molar-refractivity contribution in [1.29, 1.82) is 0 Å². The molecule has 1 aliphatic rings. The molecule has 0 atom stereocenters. The maximum Gasteiger partial charge on any atom is 0.0870 e. The third kappa shape index (κ3) is 4.03. The Morgan fingerprint density at radius 3 is 2.35 bits per heavy atom. The molecule has 2 N–H and O–H groups in total. The Kier molecular flexibility index (Phi) is 4.42. The van der Waals surface area contributed by atoms with Gasteiger partial charge in [-0.25, -0.2) is 0 Å². The summed E-state index contributed by atoms with van der Waals surface area (Å²) in [6.07, 6.45) is 3.69. The molecule has 0 unspecified atom stereocenters. The number of nitrogens with zero attached hydrogens (tertiary/aromatic N) is 3. The van der Waals surface area contributed by atoms with Gasteiger partial charge in [-0.3, -0.25) is 14.8 Å². The van der Waals surface area contributed by atoms with Crippen LogP contribution < -0.4 is 5.73 Å². The second kappa shape index (κ2) is 6.05. The molecular weight excluding hydrogens is 232 g/mol. The summed E-state index contributed by atoms with van der Waals surface area (Å²) in [5, 5.41) is 0. The standard InChI is InChI=1S/C12H18N4S/c13-12(17)10-16-7-5-15(6-8-16)9-11-1-3-14-4-2-11/h1-4H,5-10H2,(H2,13,17). The first-order valence-electron chi connectivity index (χ1n) is 5.86. The van der Waals surface area contributed by atoms with Gasteiger partial charge in [0.15, 0.2) is 0 Å². The normalized spacial score (nSPS) is 18.1. The van der Waals surface area contributed by atoms with E-state index >= 15 is 0 Å². The molecule has 5 heteroatoms. The molecule has 1 aromatic heterocycles. The van der Waals surface area contributed by atoms with Crippen LogP contribution in [0.4, 0.5) is 0 Å². The van der Waals surface area contributed by atoms with E-state index in [9.17, 15) is 0 Å². The number of thiocarbonyl (C=S) groups is 1. The van der Waals surface area contributed by atoms with Crippen molar-refractivity contribution in [2.24, 2.45) is 5.73 Å². The van der Waals surface area contributed by atoms with Crippen LogP contribution in [0.3, 0.4) is 0 Å². The average molecular weight is 250 g/mol. The topological polar surface area (TPSA) is 45.4 Å². The third-order valence-electron chi connectivity index (χ3n) is 3.00. The van der Waals surface area contributed by atoms with E-state index in [2.05, 4.69) is 26.9 Å². The van der Waals surface area contributed by atoms with Gasteiger partial charge in [-0.1, -0.05) is 12.2 Å². The van der Waals surface area contributed by atoms with E-state index in [1.54, 1.807) is 0 Å². The van der Waals surface area contributed by atoms with Gasteiger partial charge in [0.1, 0.15) is 0 Å². The average Bonchev–Trinajstić information content (AvgIpc) is 2.32. The van der Waals surface area contributed by atoms with Gasteiger partial charge >= 0.3 is 0 Å². The largest absolute Gasteiger partial charge is 0.392 e. The summed E-state index contributed by atoms with van der Waals surface area (Å²) < 4.78 is 0. The predicted octanol–water partition coefficient (Wildman–Crippen LogP) is 0.485. The molecule has 1 fully saturated rings. The first kappa shape index (κ1) is 12.4. The fraction of sp³-hybridized carbons (Fsp3) is 0.500.